The number of halogens is 2. The van der Waals surface area contributed by atoms with Crippen LogP contribution in [0.3, 0.4) is 0 Å². The quantitative estimate of drug-likeness (QED) is 0.598. The van der Waals surface area contributed by atoms with E-state index in [9.17, 15) is 14.5 Å². The number of ether oxygens (including phenoxy) is 1. The highest BCUT2D eigenvalue weighted by molar-refractivity contribution is 9.10. The molecule has 112 valence electrons. The van der Waals surface area contributed by atoms with E-state index in [1.54, 1.807) is 0 Å². The zero-order valence-electron chi connectivity index (χ0n) is 11.0. The fourth-order valence-electron chi connectivity index (χ4n) is 1.78. The van der Waals surface area contributed by atoms with E-state index in [0.717, 1.165) is 25.0 Å². The van der Waals surface area contributed by atoms with Crippen molar-refractivity contribution in [2.45, 2.75) is 31.3 Å². The Morgan fingerprint density at radius 1 is 1.62 bits per heavy atom. The molecule has 1 unspecified atom stereocenters. The molecule has 0 heterocycles. The van der Waals surface area contributed by atoms with Gasteiger partial charge in [0, 0.05) is 24.6 Å². The number of nitro groups is 1. The van der Waals surface area contributed by atoms with Crippen molar-refractivity contribution < 1.29 is 14.1 Å². The first-order chi connectivity index (χ1) is 10.0. The van der Waals surface area contributed by atoms with Crippen molar-refractivity contribution in [3.63, 3.8) is 0 Å². The van der Waals surface area contributed by atoms with Gasteiger partial charge in [-0.2, -0.15) is 5.26 Å². The third kappa shape index (κ3) is 4.37. The Morgan fingerprint density at radius 2 is 2.33 bits per heavy atom. The van der Waals surface area contributed by atoms with Crippen molar-refractivity contribution in [2.75, 3.05) is 6.61 Å². The molecule has 1 atom stereocenters. The van der Waals surface area contributed by atoms with Gasteiger partial charge in [-0.25, -0.2) is 4.39 Å². The number of hydrogen-bond donors (Lipinski definition) is 1. The second kappa shape index (κ2) is 6.83. The minimum absolute atomic E-state index is 0.00634. The Balaban J connectivity index is 1.97. The molecule has 0 aromatic heterocycles. The minimum Gasteiger partial charge on any atom is -0.487 e. The lowest BCUT2D eigenvalue weighted by atomic mass is 10.2. The Hall–Kier alpha value is -1.72. The molecular formula is C13H13BrFN3O3. The number of nitriles is 1. The maximum absolute atomic E-state index is 13.4. The molecule has 1 N–H and O–H groups in total. The van der Waals surface area contributed by atoms with E-state index in [1.165, 1.54) is 0 Å². The minimum atomic E-state index is -0.636. The molecule has 21 heavy (non-hydrogen) atoms. The Labute approximate surface area is 129 Å². The van der Waals surface area contributed by atoms with E-state index in [4.69, 9.17) is 10.00 Å². The molecule has 0 radical (unpaired) electrons. The SMILES string of the molecule is N#CC(CCOc1cc(F)c(Br)cc1[N+](=O)[O-])NC1CC1. The van der Waals surface area contributed by atoms with Crippen LogP contribution >= 0.6 is 15.9 Å². The van der Waals surface area contributed by atoms with Crippen LogP contribution in [0.2, 0.25) is 0 Å². The number of benzene rings is 1. The predicted octanol–water partition coefficient (Wildman–Crippen LogP) is 2.91. The molecule has 1 aliphatic carbocycles. The molecule has 2 rings (SSSR count). The zero-order valence-corrected chi connectivity index (χ0v) is 12.6. The van der Waals surface area contributed by atoms with Gasteiger partial charge >= 0.3 is 5.69 Å². The van der Waals surface area contributed by atoms with Gasteiger partial charge < -0.3 is 4.74 Å². The first-order valence-electron chi connectivity index (χ1n) is 6.43. The summed E-state index contributed by atoms with van der Waals surface area (Å²) in [6.07, 6.45) is 2.49. The molecule has 1 aromatic carbocycles. The van der Waals surface area contributed by atoms with Crippen molar-refractivity contribution in [3.05, 3.63) is 32.5 Å². The molecule has 0 aliphatic heterocycles. The molecule has 1 aromatic rings. The second-order valence-electron chi connectivity index (χ2n) is 4.75. The van der Waals surface area contributed by atoms with Crippen LogP contribution in [0.4, 0.5) is 10.1 Å². The number of nitrogens with one attached hydrogen (secondary N) is 1. The summed E-state index contributed by atoms with van der Waals surface area (Å²) in [5.41, 5.74) is -0.313. The highest BCUT2D eigenvalue weighted by Crippen LogP contribution is 2.32. The van der Waals surface area contributed by atoms with Crippen LogP contribution in [0.5, 0.6) is 5.75 Å². The van der Waals surface area contributed by atoms with Gasteiger partial charge in [-0.05, 0) is 28.8 Å². The summed E-state index contributed by atoms with van der Waals surface area (Å²) in [7, 11) is 0. The lowest BCUT2D eigenvalue weighted by Gasteiger charge is -2.12. The Bertz CT molecular complexity index is 587. The van der Waals surface area contributed by atoms with Gasteiger partial charge in [0.15, 0.2) is 5.75 Å². The van der Waals surface area contributed by atoms with Crippen LogP contribution in [0.15, 0.2) is 16.6 Å². The lowest BCUT2D eigenvalue weighted by Crippen LogP contribution is -2.31. The average molecular weight is 358 g/mol. The van der Waals surface area contributed by atoms with Crippen LogP contribution in [-0.2, 0) is 0 Å². The predicted molar refractivity (Wildman–Crippen MR) is 76.4 cm³/mol. The molecule has 1 fully saturated rings. The Kier molecular flexibility index (Phi) is 5.09. The standard InChI is InChI=1S/C13H13BrFN3O3/c14-10-5-12(18(19)20)13(6-11(10)15)21-4-3-9(7-16)17-8-1-2-8/h5-6,8-9,17H,1-4H2. The van der Waals surface area contributed by atoms with Crippen LogP contribution in [0.1, 0.15) is 19.3 Å². The molecule has 1 saturated carbocycles. The van der Waals surface area contributed by atoms with Crippen molar-refractivity contribution >= 4 is 21.6 Å². The summed E-state index contributed by atoms with van der Waals surface area (Å²) in [6, 6.07) is 4.16. The number of hydrogen-bond acceptors (Lipinski definition) is 5. The summed E-state index contributed by atoms with van der Waals surface area (Å²) in [6.45, 7) is 0.0971. The van der Waals surface area contributed by atoms with Gasteiger partial charge in [0.05, 0.1) is 28.1 Å². The summed E-state index contributed by atoms with van der Waals surface area (Å²) in [5, 5.41) is 23.0. The molecule has 0 spiro atoms. The van der Waals surface area contributed by atoms with Crippen molar-refractivity contribution in [1.82, 2.24) is 5.32 Å². The lowest BCUT2D eigenvalue weighted by molar-refractivity contribution is -0.386. The van der Waals surface area contributed by atoms with Gasteiger partial charge in [-0.15, -0.1) is 0 Å². The van der Waals surface area contributed by atoms with E-state index in [2.05, 4.69) is 27.3 Å². The van der Waals surface area contributed by atoms with Gasteiger partial charge in [0.1, 0.15) is 5.82 Å². The summed E-state index contributed by atoms with van der Waals surface area (Å²) in [4.78, 5) is 10.3. The molecule has 8 heteroatoms. The average Bonchev–Trinajstić information content (AvgIpc) is 3.24. The molecule has 0 amide bonds. The number of nitro benzene ring substituents is 1. The zero-order chi connectivity index (χ0) is 15.4. The van der Waals surface area contributed by atoms with E-state index < -0.39 is 10.7 Å². The first-order valence-corrected chi connectivity index (χ1v) is 7.22. The second-order valence-corrected chi connectivity index (χ2v) is 5.61. The van der Waals surface area contributed by atoms with Crippen molar-refractivity contribution in [3.8, 4) is 11.8 Å². The maximum atomic E-state index is 13.4. The van der Waals surface area contributed by atoms with E-state index >= 15 is 0 Å². The van der Waals surface area contributed by atoms with Gasteiger partial charge in [-0.3, -0.25) is 15.4 Å². The highest BCUT2D eigenvalue weighted by Gasteiger charge is 2.25. The summed E-state index contributed by atoms with van der Waals surface area (Å²) < 4.78 is 18.7. The first kappa shape index (κ1) is 15.7. The van der Waals surface area contributed by atoms with E-state index in [0.29, 0.717) is 12.5 Å². The molecule has 6 nitrogen and oxygen atoms in total. The Morgan fingerprint density at radius 3 is 2.90 bits per heavy atom. The van der Waals surface area contributed by atoms with Crippen molar-refractivity contribution in [2.24, 2.45) is 0 Å². The van der Waals surface area contributed by atoms with Crippen LogP contribution < -0.4 is 10.1 Å². The third-order valence-electron chi connectivity index (χ3n) is 3.03. The van der Waals surface area contributed by atoms with E-state index in [1.807, 2.05) is 0 Å². The van der Waals surface area contributed by atoms with E-state index in [-0.39, 0.29) is 28.6 Å². The van der Waals surface area contributed by atoms with Crippen LogP contribution in [0, 0.1) is 27.3 Å². The monoisotopic (exact) mass is 357 g/mol. The molecule has 0 saturated heterocycles. The van der Waals surface area contributed by atoms with Gasteiger partial charge in [-0.1, -0.05) is 0 Å². The summed E-state index contributed by atoms with van der Waals surface area (Å²) >= 11 is 2.90. The smallest absolute Gasteiger partial charge is 0.312 e. The van der Waals surface area contributed by atoms with Crippen LogP contribution in [-0.4, -0.2) is 23.6 Å². The molecule has 0 bridgehead atoms. The maximum Gasteiger partial charge on any atom is 0.312 e. The van der Waals surface area contributed by atoms with Gasteiger partial charge in [0.25, 0.3) is 0 Å². The largest absolute Gasteiger partial charge is 0.487 e. The normalized spacial score (nSPS) is 15.3. The van der Waals surface area contributed by atoms with Gasteiger partial charge in [0.2, 0.25) is 0 Å². The van der Waals surface area contributed by atoms with Crippen LogP contribution in [0.25, 0.3) is 0 Å². The third-order valence-corrected chi connectivity index (χ3v) is 3.64. The van der Waals surface area contributed by atoms with Crippen molar-refractivity contribution in [1.29, 1.82) is 5.26 Å². The molecule has 1 aliphatic rings. The topological polar surface area (TPSA) is 88.2 Å². The summed E-state index contributed by atoms with van der Waals surface area (Å²) in [5.74, 6) is -0.771. The number of rotatable bonds is 7. The molecular weight excluding hydrogens is 345 g/mol. The number of nitrogens with zero attached hydrogens (tertiary/aromatic N) is 2. The highest BCUT2D eigenvalue weighted by atomic mass is 79.9. The fraction of sp³-hybridized carbons (Fsp3) is 0.462. The fourth-order valence-corrected chi connectivity index (χ4v) is 2.11.